The van der Waals surface area contributed by atoms with E-state index < -0.39 is 0 Å². The number of aromatic nitrogens is 4. The van der Waals surface area contributed by atoms with Gasteiger partial charge in [-0.2, -0.15) is 10.1 Å². The summed E-state index contributed by atoms with van der Waals surface area (Å²) < 4.78 is 1.80. The monoisotopic (exact) mass is 190 g/mol. The van der Waals surface area contributed by atoms with E-state index >= 15 is 0 Å². The second-order valence-electron chi connectivity index (χ2n) is 3.65. The molecule has 0 atom stereocenters. The summed E-state index contributed by atoms with van der Waals surface area (Å²) in [6.07, 6.45) is 2.49. The van der Waals surface area contributed by atoms with Crippen molar-refractivity contribution in [3.05, 3.63) is 23.8 Å². The number of fused-ring (bicyclic) bond motifs is 1. The molecule has 74 valence electrons. The van der Waals surface area contributed by atoms with Gasteiger partial charge in [0, 0.05) is 11.4 Å². The van der Waals surface area contributed by atoms with Crippen molar-refractivity contribution in [3.8, 4) is 0 Å². The van der Waals surface area contributed by atoms with E-state index in [1.54, 1.807) is 10.8 Å². The fraction of sp³-hybridized carbons (Fsp3) is 0.500. The number of nitrogens with zero attached hydrogens (tertiary/aromatic N) is 4. The molecule has 4 nitrogen and oxygen atoms in total. The first-order chi connectivity index (χ1) is 6.72. The maximum Gasteiger partial charge on any atom is 0.252 e. The number of rotatable bonds is 2. The minimum atomic E-state index is 0.432. The van der Waals surface area contributed by atoms with E-state index in [1.165, 1.54) is 0 Å². The fourth-order valence-electron chi connectivity index (χ4n) is 1.44. The Kier molecular flexibility index (Phi) is 2.19. The average Bonchev–Trinajstić information content (AvgIpc) is 2.63. The first kappa shape index (κ1) is 9.12. The van der Waals surface area contributed by atoms with Crippen LogP contribution in [0, 0.1) is 0 Å². The predicted molar refractivity (Wildman–Crippen MR) is 54.2 cm³/mol. The van der Waals surface area contributed by atoms with Crippen molar-refractivity contribution >= 4 is 5.78 Å². The zero-order chi connectivity index (χ0) is 10.1. The molecule has 4 heteroatoms. The minimum absolute atomic E-state index is 0.432. The Hall–Kier alpha value is -1.45. The van der Waals surface area contributed by atoms with Gasteiger partial charge in [-0.25, -0.2) is 9.50 Å². The highest BCUT2D eigenvalue weighted by Crippen LogP contribution is 2.14. The molecule has 0 aliphatic rings. The molecule has 14 heavy (non-hydrogen) atoms. The van der Waals surface area contributed by atoms with E-state index in [-0.39, 0.29) is 0 Å². The summed E-state index contributed by atoms with van der Waals surface area (Å²) in [7, 11) is 0. The van der Waals surface area contributed by atoms with Crippen molar-refractivity contribution < 1.29 is 0 Å². The van der Waals surface area contributed by atoms with Crippen molar-refractivity contribution in [1.82, 2.24) is 19.6 Å². The van der Waals surface area contributed by atoms with E-state index in [0.717, 1.165) is 17.8 Å². The zero-order valence-corrected chi connectivity index (χ0v) is 8.73. The molecule has 0 saturated heterocycles. The lowest BCUT2D eigenvalue weighted by Crippen LogP contribution is -2.04. The second-order valence-corrected chi connectivity index (χ2v) is 3.65. The highest BCUT2D eigenvalue weighted by Gasteiger charge is 2.08. The molecule has 2 aromatic rings. The van der Waals surface area contributed by atoms with Gasteiger partial charge < -0.3 is 0 Å². The Bertz CT molecular complexity index is 444. The summed E-state index contributed by atoms with van der Waals surface area (Å²) in [5, 5.41) is 4.13. The van der Waals surface area contributed by atoms with Gasteiger partial charge in [0.15, 0.2) is 0 Å². The van der Waals surface area contributed by atoms with Crippen LogP contribution in [0.2, 0.25) is 0 Å². The molecule has 0 unspecified atom stereocenters. The van der Waals surface area contributed by atoms with Gasteiger partial charge in [0.05, 0.1) is 0 Å². The summed E-state index contributed by atoms with van der Waals surface area (Å²) in [6.45, 7) is 6.38. The average molecular weight is 190 g/mol. The van der Waals surface area contributed by atoms with Crippen molar-refractivity contribution in [2.45, 2.75) is 33.1 Å². The normalized spacial score (nSPS) is 11.4. The van der Waals surface area contributed by atoms with Gasteiger partial charge in [-0.05, 0) is 18.4 Å². The van der Waals surface area contributed by atoms with Crippen molar-refractivity contribution in [1.29, 1.82) is 0 Å². The van der Waals surface area contributed by atoms with Gasteiger partial charge in [0.1, 0.15) is 6.33 Å². The third-order valence-corrected chi connectivity index (χ3v) is 2.30. The summed E-state index contributed by atoms with van der Waals surface area (Å²) in [4.78, 5) is 8.54. The molecule has 0 aliphatic heterocycles. The third kappa shape index (κ3) is 1.36. The molecule has 0 N–H and O–H groups in total. The molecule has 2 aromatic heterocycles. The van der Waals surface area contributed by atoms with E-state index in [2.05, 4.69) is 41.9 Å². The molecule has 0 bridgehead atoms. The van der Waals surface area contributed by atoms with Crippen LogP contribution >= 0.6 is 0 Å². The number of hydrogen-bond acceptors (Lipinski definition) is 3. The molecule has 0 aliphatic carbocycles. The Balaban J connectivity index is 2.67. The summed E-state index contributed by atoms with van der Waals surface area (Å²) >= 11 is 0. The summed E-state index contributed by atoms with van der Waals surface area (Å²) in [5.41, 5.74) is 2.25. The van der Waals surface area contributed by atoms with Crippen LogP contribution in [-0.2, 0) is 6.42 Å². The van der Waals surface area contributed by atoms with Crippen LogP contribution in [0.3, 0.4) is 0 Å². The summed E-state index contributed by atoms with van der Waals surface area (Å²) in [5.74, 6) is 1.13. The fourth-order valence-corrected chi connectivity index (χ4v) is 1.44. The molecule has 2 heterocycles. The largest absolute Gasteiger partial charge is 0.252 e. The maximum atomic E-state index is 4.43. The van der Waals surface area contributed by atoms with Crippen LogP contribution < -0.4 is 0 Å². The van der Waals surface area contributed by atoms with Crippen molar-refractivity contribution in [2.75, 3.05) is 0 Å². The van der Waals surface area contributed by atoms with Crippen LogP contribution in [-0.4, -0.2) is 19.6 Å². The highest BCUT2D eigenvalue weighted by atomic mass is 15.3. The molecule has 0 saturated carbocycles. The van der Waals surface area contributed by atoms with Crippen molar-refractivity contribution in [2.24, 2.45) is 0 Å². The first-order valence-electron chi connectivity index (χ1n) is 4.92. The highest BCUT2D eigenvalue weighted by molar-refractivity contribution is 5.31. The number of hydrogen-bond donors (Lipinski definition) is 0. The van der Waals surface area contributed by atoms with E-state index in [9.17, 15) is 0 Å². The lowest BCUT2D eigenvalue weighted by atomic mass is 10.1. The van der Waals surface area contributed by atoms with Gasteiger partial charge in [-0.1, -0.05) is 20.8 Å². The molecule has 0 amide bonds. The molecular formula is C10H14N4. The molecule has 2 rings (SSSR count). The predicted octanol–water partition coefficient (Wildman–Crippen LogP) is 1.81. The lowest BCUT2D eigenvalue weighted by Gasteiger charge is -2.07. The molecule has 0 aromatic carbocycles. The standard InChI is InChI=1S/C10H14N4/c1-4-8-5-9(7(2)3)13-10-11-6-12-14(8)10/h5-7H,4H2,1-3H3. The molecular weight excluding hydrogens is 176 g/mol. The summed E-state index contributed by atoms with van der Waals surface area (Å²) in [6, 6.07) is 2.10. The smallest absolute Gasteiger partial charge is 0.216 e. The van der Waals surface area contributed by atoms with Crippen LogP contribution in [0.1, 0.15) is 38.1 Å². The van der Waals surface area contributed by atoms with Gasteiger partial charge in [0.2, 0.25) is 0 Å². The number of aryl methyl sites for hydroxylation is 1. The van der Waals surface area contributed by atoms with Gasteiger partial charge in [-0.15, -0.1) is 0 Å². The SMILES string of the molecule is CCc1cc(C(C)C)nc2ncnn12. The van der Waals surface area contributed by atoms with E-state index in [0.29, 0.717) is 11.7 Å². The van der Waals surface area contributed by atoms with Gasteiger partial charge in [-0.3, -0.25) is 0 Å². The van der Waals surface area contributed by atoms with E-state index in [1.807, 2.05) is 0 Å². The van der Waals surface area contributed by atoms with Crippen LogP contribution in [0.5, 0.6) is 0 Å². The molecule has 0 fully saturated rings. The topological polar surface area (TPSA) is 43.1 Å². The Morgan fingerprint density at radius 2 is 2.21 bits per heavy atom. The quantitative estimate of drug-likeness (QED) is 0.725. The molecule has 0 radical (unpaired) electrons. The molecule has 0 spiro atoms. The second kappa shape index (κ2) is 3.36. The first-order valence-corrected chi connectivity index (χ1v) is 4.92. The Morgan fingerprint density at radius 3 is 2.86 bits per heavy atom. The maximum absolute atomic E-state index is 4.43. The Labute approximate surface area is 83.0 Å². The Morgan fingerprint density at radius 1 is 1.43 bits per heavy atom. The van der Waals surface area contributed by atoms with Crippen molar-refractivity contribution in [3.63, 3.8) is 0 Å². The zero-order valence-electron chi connectivity index (χ0n) is 8.73. The lowest BCUT2D eigenvalue weighted by molar-refractivity contribution is 0.780. The van der Waals surface area contributed by atoms with Gasteiger partial charge in [0.25, 0.3) is 5.78 Å². The minimum Gasteiger partial charge on any atom is -0.216 e. The van der Waals surface area contributed by atoms with Crippen LogP contribution in [0.15, 0.2) is 12.4 Å². The van der Waals surface area contributed by atoms with Gasteiger partial charge >= 0.3 is 0 Å². The third-order valence-electron chi connectivity index (χ3n) is 2.30. The van der Waals surface area contributed by atoms with E-state index in [4.69, 9.17) is 0 Å². The van der Waals surface area contributed by atoms with Crippen LogP contribution in [0.25, 0.3) is 5.78 Å². The van der Waals surface area contributed by atoms with Crippen LogP contribution in [0.4, 0.5) is 0 Å².